The van der Waals surface area contributed by atoms with Crippen molar-refractivity contribution in [2.24, 2.45) is 0 Å². The monoisotopic (exact) mass is 457 g/mol. The van der Waals surface area contributed by atoms with E-state index < -0.39 is 5.97 Å². The van der Waals surface area contributed by atoms with Crippen molar-refractivity contribution in [2.75, 3.05) is 37.7 Å². The van der Waals surface area contributed by atoms with E-state index in [1.54, 1.807) is 22.3 Å². The second-order valence-electron chi connectivity index (χ2n) is 7.83. The van der Waals surface area contributed by atoms with Crippen molar-refractivity contribution in [3.05, 3.63) is 83.7 Å². The molecule has 5 rings (SSSR count). The van der Waals surface area contributed by atoms with E-state index >= 15 is 0 Å². The van der Waals surface area contributed by atoms with Gasteiger partial charge in [-0.3, -0.25) is 4.79 Å². The Balaban J connectivity index is 1.25. The number of hydrogen-bond acceptors (Lipinski definition) is 6. The van der Waals surface area contributed by atoms with Crippen molar-refractivity contribution in [2.45, 2.75) is 0 Å². The van der Waals surface area contributed by atoms with Crippen LogP contribution in [0.4, 0.5) is 5.69 Å². The minimum atomic E-state index is -0.511. The maximum Gasteiger partial charge on any atom is 0.339 e. The van der Waals surface area contributed by atoms with Gasteiger partial charge in [-0.1, -0.05) is 42.5 Å². The maximum atomic E-state index is 13.0. The number of pyridine rings is 1. The molecular weight excluding hydrogens is 434 g/mol. The van der Waals surface area contributed by atoms with Crippen LogP contribution in [0.3, 0.4) is 0 Å². The highest BCUT2D eigenvalue weighted by atomic mass is 32.1. The van der Waals surface area contributed by atoms with Crippen LogP contribution < -0.4 is 4.90 Å². The number of thiophene rings is 1. The van der Waals surface area contributed by atoms with Gasteiger partial charge >= 0.3 is 5.97 Å². The van der Waals surface area contributed by atoms with Crippen LogP contribution in [0.15, 0.2) is 78.2 Å². The molecule has 0 atom stereocenters. The average Bonchev–Trinajstić information content (AvgIpc) is 3.42. The zero-order valence-electron chi connectivity index (χ0n) is 18.0. The van der Waals surface area contributed by atoms with Crippen LogP contribution in [-0.2, 0) is 9.53 Å². The molecule has 2 aromatic carbocycles. The molecule has 166 valence electrons. The fourth-order valence-electron chi connectivity index (χ4n) is 4.04. The lowest BCUT2D eigenvalue weighted by atomic mass is 10.1. The number of nitrogens with zero attached hydrogens (tertiary/aromatic N) is 3. The number of anilines is 1. The first kappa shape index (κ1) is 21.2. The minimum absolute atomic E-state index is 0.173. The summed E-state index contributed by atoms with van der Waals surface area (Å²) in [6.07, 6.45) is 0. The van der Waals surface area contributed by atoms with Crippen LogP contribution in [0.1, 0.15) is 10.4 Å². The smallest absolute Gasteiger partial charge is 0.339 e. The largest absolute Gasteiger partial charge is 0.452 e. The molecule has 1 amide bonds. The van der Waals surface area contributed by atoms with Crippen molar-refractivity contribution in [1.82, 2.24) is 9.88 Å². The Bertz CT molecular complexity index is 1270. The lowest BCUT2D eigenvalue weighted by Crippen LogP contribution is -2.49. The molecule has 1 saturated heterocycles. The Labute approximate surface area is 196 Å². The van der Waals surface area contributed by atoms with Gasteiger partial charge in [-0.25, -0.2) is 9.78 Å². The molecule has 0 saturated carbocycles. The van der Waals surface area contributed by atoms with Crippen LogP contribution in [0.2, 0.25) is 0 Å². The number of fused-ring (bicyclic) bond motifs is 1. The highest BCUT2D eigenvalue weighted by Crippen LogP contribution is 2.28. The molecule has 0 spiro atoms. The first-order chi connectivity index (χ1) is 16.2. The predicted octanol–water partition coefficient (Wildman–Crippen LogP) is 4.47. The molecule has 2 aromatic heterocycles. The molecule has 7 heteroatoms. The Kier molecular flexibility index (Phi) is 6.04. The third kappa shape index (κ3) is 4.59. The summed E-state index contributed by atoms with van der Waals surface area (Å²) in [5.41, 5.74) is 3.02. The van der Waals surface area contributed by atoms with E-state index in [9.17, 15) is 9.59 Å². The first-order valence-electron chi connectivity index (χ1n) is 10.9. The molecule has 6 nitrogen and oxygen atoms in total. The number of carbonyl (C=O) groups is 2. The van der Waals surface area contributed by atoms with Crippen LogP contribution in [-0.4, -0.2) is 54.5 Å². The van der Waals surface area contributed by atoms with Gasteiger partial charge in [0.15, 0.2) is 6.61 Å². The Hall–Kier alpha value is -3.71. The SMILES string of the molecule is O=C(OCC(=O)N1CCN(c2ccccc2)CC1)c1cc(-c2cccs2)nc2ccccc12. The standard InChI is InChI=1S/C26H23N3O3S/c30-25(29-14-12-28(13-15-29)19-7-2-1-3-8-19)18-32-26(31)21-17-23(24-11-6-16-33-24)27-22-10-5-4-9-20(21)22/h1-11,16-17H,12-15,18H2. The number of ether oxygens (including phenoxy) is 1. The van der Waals surface area contributed by atoms with E-state index in [0.29, 0.717) is 24.0 Å². The molecule has 0 aliphatic carbocycles. The third-order valence-electron chi connectivity index (χ3n) is 5.79. The van der Waals surface area contributed by atoms with Gasteiger partial charge in [-0.2, -0.15) is 0 Å². The summed E-state index contributed by atoms with van der Waals surface area (Å²) in [6, 6.07) is 23.3. The van der Waals surface area contributed by atoms with Gasteiger partial charge in [-0.05, 0) is 35.7 Å². The lowest BCUT2D eigenvalue weighted by Gasteiger charge is -2.36. The topological polar surface area (TPSA) is 62.7 Å². The van der Waals surface area contributed by atoms with Crippen LogP contribution in [0, 0.1) is 0 Å². The summed E-state index contributed by atoms with van der Waals surface area (Å²) in [5, 5.41) is 2.69. The van der Waals surface area contributed by atoms with Gasteiger partial charge < -0.3 is 14.5 Å². The zero-order valence-corrected chi connectivity index (χ0v) is 18.8. The molecule has 4 aromatic rings. The second kappa shape index (κ2) is 9.42. The normalized spacial score (nSPS) is 13.8. The maximum absolute atomic E-state index is 13.0. The van der Waals surface area contributed by atoms with Gasteiger partial charge in [0.05, 0.1) is 21.7 Å². The Morgan fingerprint density at radius 1 is 0.909 bits per heavy atom. The number of rotatable bonds is 5. The van der Waals surface area contributed by atoms with E-state index in [4.69, 9.17) is 4.74 Å². The average molecular weight is 458 g/mol. The molecular formula is C26H23N3O3S. The summed E-state index contributed by atoms with van der Waals surface area (Å²) < 4.78 is 5.47. The first-order valence-corrected chi connectivity index (χ1v) is 11.8. The fraction of sp³-hybridized carbons (Fsp3) is 0.192. The van der Waals surface area contributed by atoms with Crippen molar-refractivity contribution in [3.8, 4) is 10.6 Å². The van der Waals surface area contributed by atoms with E-state index in [-0.39, 0.29) is 12.5 Å². The molecule has 1 aliphatic rings. The quantitative estimate of drug-likeness (QED) is 0.414. The van der Waals surface area contributed by atoms with E-state index in [1.165, 1.54) is 0 Å². The van der Waals surface area contributed by atoms with Crippen molar-refractivity contribution in [3.63, 3.8) is 0 Å². The zero-order chi connectivity index (χ0) is 22.6. The van der Waals surface area contributed by atoms with Crippen LogP contribution in [0.25, 0.3) is 21.5 Å². The number of carbonyl (C=O) groups excluding carboxylic acids is 2. The Morgan fingerprint density at radius 2 is 1.67 bits per heavy atom. The molecule has 0 N–H and O–H groups in total. The lowest BCUT2D eigenvalue weighted by molar-refractivity contribution is -0.134. The Morgan fingerprint density at radius 3 is 2.42 bits per heavy atom. The molecule has 1 fully saturated rings. The van der Waals surface area contributed by atoms with E-state index in [0.717, 1.165) is 34.9 Å². The van der Waals surface area contributed by atoms with Crippen molar-refractivity contribution < 1.29 is 14.3 Å². The van der Waals surface area contributed by atoms with E-state index in [1.807, 2.05) is 60.0 Å². The van der Waals surface area contributed by atoms with Crippen molar-refractivity contribution >= 4 is 39.8 Å². The molecule has 0 unspecified atom stereocenters. The summed E-state index contributed by atoms with van der Waals surface area (Å²) >= 11 is 1.56. The summed E-state index contributed by atoms with van der Waals surface area (Å²) in [6.45, 7) is 2.44. The minimum Gasteiger partial charge on any atom is -0.452 e. The molecule has 0 bridgehead atoms. The summed E-state index contributed by atoms with van der Waals surface area (Å²) in [5.74, 6) is -0.685. The van der Waals surface area contributed by atoms with E-state index in [2.05, 4.69) is 22.0 Å². The highest BCUT2D eigenvalue weighted by Gasteiger charge is 2.23. The second-order valence-corrected chi connectivity index (χ2v) is 8.78. The molecule has 0 radical (unpaired) electrons. The van der Waals surface area contributed by atoms with Gasteiger partial charge in [-0.15, -0.1) is 11.3 Å². The number of amides is 1. The number of aromatic nitrogens is 1. The fourth-order valence-corrected chi connectivity index (χ4v) is 4.73. The summed E-state index contributed by atoms with van der Waals surface area (Å²) in [4.78, 5) is 35.4. The molecule has 1 aliphatic heterocycles. The third-order valence-corrected chi connectivity index (χ3v) is 6.68. The number of piperazine rings is 1. The number of hydrogen-bond donors (Lipinski definition) is 0. The number of esters is 1. The van der Waals surface area contributed by atoms with Gasteiger partial charge in [0, 0.05) is 37.3 Å². The van der Waals surface area contributed by atoms with Gasteiger partial charge in [0.1, 0.15) is 0 Å². The van der Waals surface area contributed by atoms with Crippen LogP contribution >= 0.6 is 11.3 Å². The number of benzene rings is 2. The van der Waals surface area contributed by atoms with Gasteiger partial charge in [0.25, 0.3) is 5.91 Å². The number of para-hydroxylation sites is 2. The molecule has 3 heterocycles. The van der Waals surface area contributed by atoms with Crippen LogP contribution in [0.5, 0.6) is 0 Å². The predicted molar refractivity (Wildman–Crippen MR) is 131 cm³/mol. The molecule has 33 heavy (non-hydrogen) atoms. The van der Waals surface area contributed by atoms with Gasteiger partial charge in [0.2, 0.25) is 0 Å². The summed E-state index contributed by atoms with van der Waals surface area (Å²) in [7, 11) is 0. The van der Waals surface area contributed by atoms with Crippen molar-refractivity contribution in [1.29, 1.82) is 0 Å². The highest BCUT2D eigenvalue weighted by molar-refractivity contribution is 7.13.